The molecule has 0 spiro atoms. The molecule has 2 atom stereocenters. The van der Waals surface area contributed by atoms with Crippen LogP contribution in [0.3, 0.4) is 0 Å². The number of amides is 2. The van der Waals surface area contributed by atoms with Gasteiger partial charge in [0.15, 0.2) is 0 Å². The Morgan fingerprint density at radius 2 is 1.65 bits per heavy atom. The van der Waals surface area contributed by atoms with Crippen LogP contribution in [0.5, 0.6) is 0 Å². The number of likely N-dealkylation sites (tertiary alicyclic amines) is 1. The normalized spacial score (nSPS) is 18.2. The lowest BCUT2D eigenvalue weighted by Crippen LogP contribution is -2.55. The number of hydrogen-bond donors (Lipinski definition) is 2. The average Bonchev–Trinajstić information content (AvgIpc) is 3.15. The number of alkyl carbamates (subject to hydrolysis) is 1. The molecule has 34 heavy (non-hydrogen) atoms. The standard InChI is InChI=1S/C27H32N2O5/c1-17(2)24-13-7-8-14-29(24)26(32)23(15-25(30)31)28-27(33)34-16-22-20-11-5-3-9-18(20)19-10-4-6-12-21(19)22/h3-6,9-12,17,22-24H,7-8,13-16H2,1-2H3,(H,28,33)(H,30,31). The molecule has 1 aliphatic heterocycles. The van der Waals surface area contributed by atoms with E-state index >= 15 is 0 Å². The number of carboxylic acid groups (broad SMARTS) is 1. The second-order valence-electron chi connectivity index (χ2n) is 9.46. The molecule has 2 aromatic rings. The highest BCUT2D eigenvalue weighted by Crippen LogP contribution is 2.44. The zero-order valence-corrected chi connectivity index (χ0v) is 19.7. The van der Waals surface area contributed by atoms with E-state index in [2.05, 4.69) is 31.3 Å². The van der Waals surface area contributed by atoms with Gasteiger partial charge in [-0.2, -0.15) is 0 Å². The first kappa shape index (κ1) is 23.8. The van der Waals surface area contributed by atoms with Gasteiger partial charge in [-0.05, 0) is 47.4 Å². The molecule has 2 aliphatic rings. The minimum atomic E-state index is -1.16. The molecule has 2 aromatic carbocycles. The van der Waals surface area contributed by atoms with Gasteiger partial charge < -0.3 is 20.1 Å². The fraction of sp³-hybridized carbons (Fsp3) is 0.444. The highest BCUT2D eigenvalue weighted by atomic mass is 16.5. The third-order valence-electron chi connectivity index (χ3n) is 6.91. The van der Waals surface area contributed by atoms with Crippen LogP contribution >= 0.6 is 0 Å². The smallest absolute Gasteiger partial charge is 0.407 e. The van der Waals surface area contributed by atoms with Crippen LogP contribution in [0.1, 0.15) is 56.6 Å². The third-order valence-corrected chi connectivity index (χ3v) is 6.91. The van der Waals surface area contributed by atoms with Gasteiger partial charge in [0, 0.05) is 18.5 Å². The summed E-state index contributed by atoms with van der Waals surface area (Å²) in [5.41, 5.74) is 4.41. The second kappa shape index (κ2) is 10.3. The molecular formula is C27H32N2O5. The van der Waals surface area contributed by atoms with Crippen LogP contribution in [-0.2, 0) is 14.3 Å². The van der Waals surface area contributed by atoms with E-state index in [0.29, 0.717) is 6.54 Å². The molecule has 1 saturated heterocycles. The van der Waals surface area contributed by atoms with Crippen molar-refractivity contribution in [2.24, 2.45) is 5.92 Å². The predicted molar refractivity (Wildman–Crippen MR) is 128 cm³/mol. The number of rotatable bonds is 7. The SMILES string of the molecule is CC(C)C1CCCCN1C(=O)C(CC(=O)O)NC(=O)OCC1c2ccccc2-c2ccccc21. The van der Waals surface area contributed by atoms with E-state index in [0.717, 1.165) is 41.5 Å². The van der Waals surface area contributed by atoms with Crippen molar-refractivity contribution in [1.82, 2.24) is 10.2 Å². The molecule has 4 rings (SSSR count). The maximum Gasteiger partial charge on any atom is 0.407 e. The third kappa shape index (κ3) is 4.93. The number of aliphatic carboxylic acids is 1. The number of carboxylic acids is 1. The summed E-state index contributed by atoms with van der Waals surface area (Å²) in [6, 6.07) is 14.9. The van der Waals surface area contributed by atoms with Gasteiger partial charge in [0.05, 0.1) is 6.42 Å². The number of benzene rings is 2. The van der Waals surface area contributed by atoms with Gasteiger partial charge in [-0.15, -0.1) is 0 Å². The number of nitrogens with zero attached hydrogens (tertiary/aromatic N) is 1. The first-order valence-corrected chi connectivity index (χ1v) is 12.0. The molecule has 2 unspecified atom stereocenters. The Morgan fingerprint density at radius 3 is 2.24 bits per heavy atom. The average molecular weight is 465 g/mol. The van der Waals surface area contributed by atoms with Gasteiger partial charge >= 0.3 is 12.1 Å². The van der Waals surface area contributed by atoms with Gasteiger partial charge in [-0.1, -0.05) is 62.4 Å². The first-order valence-electron chi connectivity index (χ1n) is 12.0. The summed E-state index contributed by atoms with van der Waals surface area (Å²) in [5.74, 6) is -1.35. The van der Waals surface area contributed by atoms with Gasteiger partial charge in [0.1, 0.15) is 12.6 Å². The molecule has 1 fully saturated rings. The van der Waals surface area contributed by atoms with Crippen LogP contribution in [0.4, 0.5) is 4.79 Å². The summed E-state index contributed by atoms with van der Waals surface area (Å²) >= 11 is 0. The van der Waals surface area contributed by atoms with Crippen molar-refractivity contribution >= 4 is 18.0 Å². The zero-order valence-electron chi connectivity index (χ0n) is 19.7. The number of fused-ring (bicyclic) bond motifs is 3. The fourth-order valence-electron chi connectivity index (χ4n) is 5.28. The molecule has 0 aromatic heterocycles. The van der Waals surface area contributed by atoms with E-state index in [1.165, 1.54) is 0 Å². The number of carbonyl (C=O) groups excluding carboxylic acids is 2. The van der Waals surface area contributed by atoms with E-state index < -0.39 is 24.5 Å². The van der Waals surface area contributed by atoms with Crippen molar-refractivity contribution in [3.8, 4) is 11.1 Å². The van der Waals surface area contributed by atoms with Crippen molar-refractivity contribution in [2.75, 3.05) is 13.2 Å². The summed E-state index contributed by atoms with van der Waals surface area (Å²) in [7, 11) is 0. The van der Waals surface area contributed by atoms with Crippen molar-refractivity contribution in [3.05, 3.63) is 59.7 Å². The Bertz CT molecular complexity index is 1020. The van der Waals surface area contributed by atoms with Crippen LogP contribution in [0, 0.1) is 5.92 Å². The molecule has 1 aliphatic carbocycles. The molecule has 0 bridgehead atoms. The summed E-state index contributed by atoms with van der Waals surface area (Å²) in [5, 5.41) is 11.9. The topological polar surface area (TPSA) is 95.9 Å². The van der Waals surface area contributed by atoms with Crippen LogP contribution in [-0.4, -0.2) is 53.2 Å². The Balaban J connectivity index is 1.45. The molecule has 2 amide bonds. The number of hydrogen-bond acceptors (Lipinski definition) is 4. The van der Waals surface area contributed by atoms with E-state index in [9.17, 15) is 19.5 Å². The molecule has 180 valence electrons. The number of ether oxygens (including phenoxy) is 1. The highest BCUT2D eigenvalue weighted by Gasteiger charge is 2.35. The Kier molecular flexibility index (Phi) is 7.20. The van der Waals surface area contributed by atoms with Crippen molar-refractivity contribution in [2.45, 2.75) is 57.5 Å². The van der Waals surface area contributed by atoms with Crippen LogP contribution in [0.25, 0.3) is 11.1 Å². The monoisotopic (exact) mass is 464 g/mol. The first-order chi connectivity index (χ1) is 16.4. The predicted octanol–water partition coefficient (Wildman–Crippen LogP) is 4.41. The lowest BCUT2D eigenvalue weighted by Gasteiger charge is -2.40. The highest BCUT2D eigenvalue weighted by molar-refractivity contribution is 5.89. The molecule has 2 N–H and O–H groups in total. The van der Waals surface area contributed by atoms with Gasteiger partial charge in [0.25, 0.3) is 0 Å². The van der Waals surface area contributed by atoms with E-state index in [4.69, 9.17) is 4.74 Å². The Morgan fingerprint density at radius 1 is 1.03 bits per heavy atom. The molecule has 0 saturated carbocycles. The van der Waals surface area contributed by atoms with Gasteiger partial charge in [-0.25, -0.2) is 4.79 Å². The van der Waals surface area contributed by atoms with Crippen LogP contribution in [0.2, 0.25) is 0 Å². The second-order valence-corrected chi connectivity index (χ2v) is 9.46. The minimum absolute atomic E-state index is 0.0434. The maximum absolute atomic E-state index is 13.3. The quantitative estimate of drug-likeness (QED) is 0.633. The van der Waals surface area contributed by atoms with Gasteiger partial charge in [0.2, 0.25) is 5.91 Å². The van der Waals surface area contributed by atoms with E-state index in [1.54, 1.807) is 4.90 Å². The molecular weight excluding hydrogens is 432 g/mol. The lowest BCUT2D eigenvalue weighted by molar-refractivity contribution is -0.144. The fourth-order valence-corrected chi connectivity index (χ4v) is 5.28. The number of piperidine rings is 1. The van der Waals surface area contributed by atoms with Crippen molar-refractivity contribution < 1.29 is 24.2 Å². The lowest BCUT2D eigenvalue weighted by atomic mass is 9.92. The summed E-state index contributed by atoms with van der Waals surface area (Å²) < 4.78 is 5.55. The summed E-state index contributed by atoms with van der Waals surface area (Å²) in [6.07, 6.45) is 1.54. The van der Waals surface area contributed by atoms with E-state index in [1.807, 2.05) is 36.4 Å². The Labute approximate surface area is 200 Å². The number of nitrogens with one attached hydrogen (secondary N) is 1. The molecule has 7 nitrogen and oxygen atoms in total. The minimum Gasteiger partial charge on any atom is -0.481 e. The maximum atomic E-state index is 13.3. The molecule has 0 radical (unpaired) electrons. The van der Waals surface area contributed by atoms with Crippen molar-refractivity contribution in [3.63, 3.8) is 0 Å². The van der Waals surface area contributed by atoms with Crippen LogP contribution < -0.4 is 5.32 Å². The zero-order chi connectivity index (χ0) is 24.2. The molecule has 7 heteroatoms. The van der Waals surface area contributed by atoms with Crippen molar-refractivity contribution in [1.29, 1.82) is 0 Å². The Hall–Kier alpha value is -3.35. The summed E-state index contributed by atoms with van der Waals surface area (Å²) in [6.45, 7) is 4.79. The largest absolute Gasteiger partial charge is 0.481 e. The van der Waals surface area contributed by atoms with Crippen LogP contribution in [0.15, 0.2) is 48.5 Å². The number of carbonyl (C=O) groups is 3. The summed E-state index contributed by atoms with van der Waals surface area (Å²) in [4.78, 5) is 39.2. The van der Waals surface area contributed by atoms with Gasteiger partial charge in [-0.3, -0.25) is 9.59 Å². The van der Waals surface area contributed by atoms with E-state index in [-0.39, 0.29) is 30.4 Å². The molecule has 1 heterocycles.